The van der Waals surface area contributed by atoms with Gasteiger partial charge in [0.25, 0.3) is 0 Å². The Labute approximate surface area is 154 Å². The van der Waals surface area contributed by atoms with Crippen LogP contribution in [-0.2, 0) is 4.79 Å². The molecule has 0 heterocycles. The average Bonchev–Trinajstić information content (AvgIpc) is 2.65. The number of aromatic hydroxyl groups is 1. The number of anilines is 1. The molecule has 0 bridgehead atoms. The minimum Gasteiger partial charge on any atom is -0.508 e. The molecule has 26 heavy (non-hydrogen) atoms. The summed E-state index contributed by atoms with van der Waals surface area (Å²) in [7, 11) is 1.59. The molecule has 5 heteroatoms. The van der Waals surface area contributed by atoms with Gasteiger partial charge in [-0.3, -0.25) is 4.79 Å². The highest BCUT2D eigenvalue weighted by atomic mass is 16.5. The number of nitrogens with one attached hydrogen (secondary N) is 1. The molecule has 0 radical (unpaired) electrons. The van der Waals surface area contributed by atoms with Gasteiger partial charge in [-0.05, 0) is 42.3 Å². The minimum atomic E-state index is -0.250. The smallest absolute Gasteiger partial charge is 0.248 e. The number of hydrogen-bond acceptors (Lipinski definition) is 4. The number of hydrogen-bond donors (Lipinski definition) is 2. The van der Waals surface area contributed by atoms with Gasteiger partial charge in [0.15, 0.2) is 11.5 Å². The number of phenols is 1. The van der Waals surface area contributed by atoms with Crippen LogP contribution in [0.25, 0.3) is 6.08 Å². The molecule has 0 aliphatic heterocycles. The Balaban J connectivity index is 1.98. The van der Waals surface area contributed by atoms with Gasteiger partial charge in [-0.1, -0.05) is 31.9 Å². The molecule has 138 valence electrons. The standard InChI is InChI=1S/C21H25NO4/c1-3-4-5-14-26-20-15-17(9-12-19(20)25-2)22-21(24)13-8-16-6-10-18(23)11-7-16/h6-13,15,23H,3-5,14H2,1-2H3,(H,22,24). The summed E-state index contributed by atoms with van der Waals surface area (Å²) >= 11 is 0. The van der Waals surface area contributed by atoms with Crippen molar-refractivity contribution in [3.05, 3.63) is 54.1 Å². The fourth-order valence-electron chi connectivity index (χ4n) is 2.34. The van der Waals surface area contributed by atoms with Gasteiger partial charge in [-0.2, -0.15) is 0 Å². The van der Waals surface area contributed by atoms with Crippen molar-refractivity contribution in [2.45, 2.75) is 26.2 Å². The molecular weight excluding hydrogens is 330 g/mol. The van der Waals surface area contributed by atoms with Crippen molar-refractivity contribution in [3.63, 3.8) is 0 Å². The third kappa shape index (κ3) is 6.16. The van der Waals surface area contributed by atoms with Crippen LogP contribution in [0.15, 0.2) is 48.5 Å². The van der Waals surface area contributed by atoms with Crippen LogP contribution in [0.5, 0.6) is 17.2 Å². The fraction of sp³-hybridized carbons (Fsp3) is 0.286. The van der Waals surface area contributed by atoms with Crippen LogP contribution >= 0.6 is 0 Å². The zero-order valence-corrected chi connectivity index (χ0v) is 15.2. The normalized spacial score (nSPS) is 10.7. The quantitative estimate of drug-likeness (QED) is 0.509. The van der Waals surface area contributed by atoms with Crippen LogP contribution < -0.4 is 14.8 Å². The molecule has 2 aromatic rings. The van der Waals surface area contributed by atoms with Gasteiger partial charge in [-0.25, -0.2) is 0 Å². The molecule has 0 spiro atoms. The predicted molar refractivity (Wildman–Crippen MR) is 104 cm³/mol. The molecule has 0 unspecified atom stereocenters. The molecule has 0 aliphatic rings. The molecule has 0 aromatic heterocycles. The zero-order valence-electron chi connectivity index (χ0n) is 15.2. The van der Waals surface area contributed by atoms with E-state index in [-0.39, 0.29) is 11.7 Å². The topological polar surface area (TPSA) is 67.8 Å². The Morgan fingerprint density at radius 3 is 2.58 bits per heavy atom. The van der Waals surface area contributed by atoms with Crippen LogP contribution in [0, 0.1) is 0 Å². The Kier molecular flexibility index (Phi) is 7.55. The molecule has 1 amide bonds. The molecule has 0 atom stereocenters. The maximum Gasteiger partial charge on any atom is 0.248 e. The van der Waals surface area contributed by atoms with Crippen molar-refractivity contribution in [1.82, 2.24) is 0 Å². The van der Waals surface area contributed by atoms with E-state index >= 15 is 0 Å². The highest BCUT2D eigenvalue weighted by Crippen LogP contribution is 2.30. The van der Waals surface area contributed by atoms with Gasteiger partial charge < -0.3 is 19.9 Å². The van der Waals surface area contributed by atoms with E-state index in [2.05, 4.69) is 12.2 Å². The van der Waals surface area contributed by atoms with Crippen molar-refractivity contribution in [2.75, 3.05) is 19.0 Å². The van der Waals surface area contributed by atoms with Gasteiger partial charge in [0.2, 0.25) is 5.91 Å². The number of phenolic OH excluding ortho intramolecular Hbond substituents is 1. The third-order valence-corrected chi connectivity index (χ3v) is 3.76. The van der Waals surface area contributed by atoms with E-state index in [0.717, 1.165) is 24.8 Å². The lowest BCUT2D eigenvalue weighted by Crippen LogP contribution is -2.08. The van der Waals surface area contributed by atoms with Crippen molar-refractivity contribution in [2.24, 2.45) is 0 Å². The van der Waals surface area contributed by atoms with Gasteiger partial charge >= 0.3 is 0 Å². The molecular formula is C21H25NO4. The number of carbonyl (C=O) groups is 1. The second kappa shape index (κ2) is 10.1. The maximum absolute atomic E-state index is 12.1. The maximum atomic E-state index is 12.1. The largest absolute Gasteiger partial charge is 0.508 e. The highest BCUT2D eigenvalue weighted by molar-refractivity contribution is 6.02. The summed E-state index contributed by atoms with van der Waals surface area (Å²) in [6.45, 7) is 2.75. The Bertz CT molecular complexity index is 738. The van der Waals surface area contributed by atoms with Gasteiger partial charge in [-0.15, -0.1) is 0 Å². The SMILES string of the molecule is CCCCCOc1cc(NC(=O)C=Cc2ccc(O)cc2)ccc1OC. The molecule has 0 saturated heterocycles. The number of rotatable bonds is 9. The zero-order chi connectivity index (χ0) is 18.8. The van der Waals surface area contributed by atoms with Gasteiger partial charge in [0.1, 0.15) is 5.75 Å². The number of methoxy groups -OCH3 is 1. The number of amides is 1. The molecule has 2 N–H and O–H groups in total. The van der Waals surface area contributed by atoms with Crippen molar-refractivity contribution >= 4 is 17.7 Å². The van der Waals surface area contributed by atoms with Crippen LogP contribution in [0.3, 0.4) is 0 Å². The van der Waals surface area contributed by atoms with Crippen molar-refractivity contribution < 1.29 is 19.4 Å². The summed E-state index contributed by atoms with van der Waals surface area (Å²) in [5, 5.41) is 12.1. The second-order valence-electron chi connectivity index (χ2n) is 5.84. The minimum absolute atomic E-state index is 0.191. The number of ether oxygens (including phenoxy) is 2. The molecule has 0 aliphatic carbocycles. The summed E-state index contributed by atoms with van der Waals surface area (Å²) in [6, 6.07) is 11.9. The van der Waals surface area contributed by atoms with Crippen LogP contribution in [0.4, 0.5) is 5.69 Å². The number of benzene rings is 2. The molecule has 5 nitrogen and oxygen atoms in total. The van der Waals surface area contributed by atoms with E-state index in [1.54, 1.807) is 55.7 Å². The lowest BCUT2D eigenvalue weighted by molar-refractivity contribution is -0.111. The van der Waals surface area contributed by atoms with E-state index in [4.69, 9.17) is 9.47 Å². The van der Waals surface area contributed by atoms with E-state index in [1.807, 2.05) is 0 Å². The predicted octanol–water partition coefficient (Wildman–Crippen LogP) is 4.62. The Hall–Kier alpha value is -2.95. The first-order valence-electron chi connectivity index (χ1n) is 8.71. The van der Waals surface area contributed by atoms with E-state index in [0.29, 0.717) is 23.8 Å². The summed E-state index contributed by atoms with van der Waals surface area (Å²) in [5.41, 5.74) is 1.46. The van der Waals surface area contributed by atoms with Crippen molar-refractivity contribution in [3.8, 4) is 17.2 Å². The van der Waals surface area contributed by atoms with Crippen molar-refractivity contribution in [1.29, 1.82) is 0 Å². The van der Waals surface area contributed by atoms with Gasteiger partial charge in [0, 0.05) is 17.8 Å². The van der Waals surface area contributed by atoms with E-state index < -0.39 is 0 Å². The molecule has 2 aromatic carbocycles. The molecule has 0 fully saturated rings. The first-order valence-corrected chi connectivity index (χ1v) is 8.71. The van der Waals surface area contributed by atoms with E-state index in [1.165, 1.54) is 6.08 Å². The monoisotopic (exact) mass is 355 g/mol. The first-order chi connectivity index (χ1) is 12.6. The number of unbranched alkanes of at least 4 members (excludes halogenated alkanes) is 2. The third-order valence-electron chi connectivity index (χ3n) is 3.76. The summed E-state index contributed by atoms with van der Waals surface area (Å²) in [4.78, 5) is 12.1. The average molecular weight is 355 g/mol. The summed E-state index contributed by atoms with van der Waals surface area (Å²) in [5.74, 6) is 1.19. The Morgan fingerprint density at radius 1 is 1.12 bits per heavy atom. The molecule has 2 rings (SSSR count). The molecule has 0 saturated carbocycles. The lowest BCUT2D eigenvalue weighted by Gasteiger charge is -2.12. The lowest BCUT2D eigenvalue weighted by atomic mass is 10.2. The second-order valence-corrected chi connectivity index (χ2v) is 5.84. The van der Waals surface area contributed by atoms with Crippen LogP contribution in [0.1, 0.15) is 31.7 Å². The van der Waals surface area contributed by atoms with E-state index in [9.17, 15) is 9.90 Å². The van der Waals surface area contributed by atoms with Crippen LogP contribution in [-0.4, -0.2) is 24.7 Å². The number of carbonyl (C=O) groups excluding carboxylic acids is 1. The highest BCUT2D eigenvalue weighted by Gasteiger charge is 2.07. The first kappa shape index (κ1) is 19.4. The van der Waals surface area contributed by atoms with Gasteiger partial charge in [0.05, 0.1) is 13.7 Å². The Morgan fingerprint density at radius 2 is 1.88 bits per heavy atom. The van der Waals surface area contributed by atoms with Crippen LogP contribution in [0.2, 0.25) is 0 Å². The summed E-state index contributed by atoms with van der Waals surface area (Å²) in [6.07, 6.45) is 6.34. The fourth-order valence-corrected chi connectivity index (χ4v) is 2.34. The summed E-state index contributed by atoms with van der Waals surface area (Å²) < 4.78 is 11.1.